The molecule has 1 saturated heterocycles. The van der Waals surface area contributed by atoms with E-state index in [0.29, 0.717) is 12.6 Å². The largest absolute Gasteiger partial charge is 0.370 e. The van der Waals surface area contributed by atoms with E-state index in [2.05, 4.69) is 10.2 Å². The second-order valence-electron chi connectivity index (χ2n) is 5.05. The lowest BCUT2D eigenvalue weighted by Crippen LogP contribution is -2.40. The number of nitrogens with zero attached hydrogens (tertiary/aromatic N) is 1. The van der Waals surface area contributed by atoms with Crippen LogP contribution in [-0.4, -0.2) is 63.0 Å². The normalized spacial score (nSPS) is 20.0. The first-order chi connectivity index (χ1) is 8.93. The fraction of sp³-hybridized carbons (Fsp3) is 0.917. The molecule has 0 bridgehead atoms. The number of primary amides is 1. The van der Waals surface area contributed by atoms with Gasteiger partial charge in [-0.15, -0.1) is 0 Å². The highest BCUT2D eigenvalue weighted by Gasteiger charge is 2.19. The average molecular weight is 291 g/mol. The lowest BCUT2D eigenvalue weighted by atomic mass is 10.2. The van der Waals surface area contributed by atoms with E-state index in [4.69, 9.17) is 5.73 Å². The minimum Gasteiger partial charge on any atom is -0.370 e. The Kier molecular flexibility index (Phi) is 6.74. The van der Waals surface area contributed by atoms with Crippen LogP contribution in [0.5, 0.6) is 0 Å². The second-order valence-corrected chi connectivity index (χ2v) is 7.36. The van der Waals surface area contributed by atoms with Gasteiger partial charge in [0.1, 0.15) is 0 Å². The van der Waals surface area contributed by atoms with E-state index in [9.17, 15) is 13.2 Å². The molecular formula is C12H25N3O3S. The van der Waals surface area contributed by atoms with Crippen LogP contribution in [0.15, 0.2) is 0 Å². The summed E-state index contributed by atoms with van der Waals surface area (Å²) in [5.74, 6) is -0.603. The zero-order valence-corrected chi connectivity index (χ0v) is 12.4. The van der Waals surface area contributed by atoms with Crippen LogP contribution in [0.3, 0.4) is 0 Å². The van der Waals surface area contributed by atoms with E-state index in [0.717, 1.165) is 26.1 Å². The number of nitrogens with one attached hydrogen (secondary N) is 1. The molecule has 0 aliphatic carbocycles. The smallest absolute Gasteiger partial charge is 0.218 e. The van der Waals surface area contributed by atoms with Crippen LogP contribution >= 0.6 is 0 Å². The number of nitrogens with two attached hydrogens (primary N) is 1. The van der Waals surface area contributed by atoms with Crippen LogP contribution in [-0.2, 0) is 14.6 Å². The summed E-state index contributed by atoms with van der Waals surface area (Å²) < 4.78 is 23.5. The Morgan fingerprint density at radius 3 is 2.68 bits per heavy atom. The molecule has 1 atom stereocenters. The Labute approximate surface area is 115 Å². The van der Waals surface area contributed by atoms with Gasteiger partial charge in [-0.2, -0.15) is 0 Å². The van der Waals surface area contributed by atoms with Crippen LogP contribution in [0.2, 0.25) is 0 Å². The van der Waals surface area contributed by atoms with Crippen molar-refractivity contribution in [1.82, 2.24) is 10.2 Å². The number of sulfone groups is 1. The molecule has 3 N–H and O–H groups in total. The first kappa shape index (κ1) is 16.4. The first-order valence-electron chi connectivity index (χ1n) is 6.87. The van der Waals surface area contributed by atoms with Crippen molar-refractivity contribution in [3.05, 3.63) is 0 Å². The number of hydrogen-bond donors (Lipinski definition) is 2. The summed E-state index contributed by atoms with van der Waals surface area (Å²) in [6.07, 6.45) is 2.27. The quantitative estimate of drug-likeness (QED) is 0.589. The third-order valence-corrected chi connectivity index (χ3v) is 5.10. The minimum absolute atomic E-state index is 0.0847. The number of carbonyl (C=O) groups is 1. The summed E-state index contributed by atoms with van der Waals surface area (Å²) in [5.41, 5.74) is 4.97. The maximum atomic E-state index is 11.7. The van der Waals surface area contributed by atoms with Crippen LogP contribution < -0.4 is 11.1 Å². The standard InChI is InChI=1S/C12H25N3O3S/c1-2-15(10-11-4-3-6-14-11)7-9-19(17,18)8-5-12(13)16/h11,14H,2-10H2,1H3,(H2,13,16). The van der Waals surface area contributed by atoms with E-state index < -0.39 is 15.7 Å². The molecule has 0 radical (unpaired) electrons. The molecule has 1 unspecified atom stereocenters. The number of carbonyl (C=O) groups excluding carboxylic acids is 1. The Bertz CT molecular complexity index is 378. The van der Waals surface area contributed by atoms with E-state index in [1.165, 1.54) is 6.42 Å². The lowest BCUT2D eigenvalue weighted by Gasteiger charge is -2.23. The van der Waals surface area contributed by atoms with Crippen LogP contribution in [0.4, 0.5) is 0 Å². The molecular weight excluding hydrogens is 266 g/mol. The molecule has 19 heavy (non-hydrogen) atoms. The monoisotopic (exact) mass is 291 g/mol. The highest BCUT2D eigenvalue weighted by atomic mass is 32.2. The fourth-order valence-electron chi connectivity index (χ4n) is 2.23. The van der Waals surface area contributed by atoms with Crippen molar-refractivity contribution in [2.75, 3.05) is 37.7 Å². The topological polar surface area (TPSA) is 92.5 Å². The number of hydrogen-bond acceptors (Lipinski definition) is 5. The van der Waals surface area contributed by atoms with Gasteiger partial charge in [-0.1, -0.05) is 6.92 Å². The van der Waals surface area contributed by atoms with Crippen molar-refractivity contribution in [2.24, 2.45) is 5.73 Å². The highest BCUT2D eigenvalue weighted by Crippen LogP contribution is 2.07. The van der Waals surface area contributed by atoms with E-state index in [-0.39, 0.29) is 17.9 Å². The fourth-order valence-corrected chi connectivity index (χ4v) is 3.48. The maximum Gasteiger partial charge on any atom is 0.218 e. The molecule has 0 saturated carbocycles. The Hall–Kier alpha value is -0.660. The third-order valence-electron chi connectivity index (χ3n) is 3.47. The van der Waals surface area contributed by atoms with Gasteiger partial charge >= 0.3 is 0 Å². The van der Waals surface area contributed by atoms with Crippen molar-refractivity contribution in [1.29, 1.82) is 0 Å². The average Bonchev–Trinajstić information content (AvgIpc) is 2.85. The van der Waals surface area contributed by atoms with E-state index in [1.807, 2.05) is 6.92 Å². The van der Waals surface area contributed by atoms with Gasteiger partial charge in [-0.3, -0.25) is 4.79 Å². The summed E-state index contributed by atoms with van der Waals surface area (Å²) in [4.78, 5) is 12.8. The third kappa shape index (κ3) is 6.89. The van der Waals surface area contributed by atoms with Gasteiger partial charge in [-0.25, -0.2) is 8.42 Å². The van der Waals surface area contributed by atoms with Crippen molar-refractivity contribution in [2.45, 2.75) is 32.2 Å². The molecule has 7 heteroatoms. The Morgan fingerprint density at radius 2 is 2.16 bits per heavy atom. The molecule has 0 aromatic rings. The van der Waals surface area contributed by atoms with Crippen LogP contribution in [0, 0.1) is 0 Å². The predicted molar refractivity (Wildman–Crippen MR) is 75.6 cm³/mol. The SMILES string of the molecule is CCN(CCS(=O)(=O)CCC(N)=O)CC1CCCN1. The molecule has 0 aromatic carbocycles. The summed E-state index contributed by atoms with van der Waals surface area (Å²) in [7, 11) is -3.18. The number of likely N-dealkylation sites (N-methyl/N-ethyl adjacent to an activating group) is 1. The molecule has 0 aromatic heterocycles. The molecule has 1 rings (SSSR count). The van der Waals surface area contributed by atoms with Gasteiger partial charge in [0, 0.05) is 25.6 Å². The van der Waals surface area contributed by atoms with Gasteiger partial charge in [-0.05, 0) is 25.9 Å². The zero-order chi connectivity index (χ0) is 14.3. The van der Waals surface area contributed by atoms with Gasteiger partial charge in [0.25, 0.3) is 0 Å². The maximum absolute atomic E-state index is 11.7. The molecule has 6 nitrogen and oxygen atoms in total. The molecule has 1 aliphatic heterocycles. The molecule has 112 valence electrons. The van der Waals surface area contributed by atoms with Crippen molar-refractivity contribution >= 4 is 15.7 Å². The van der Waals surface area contributed by atoms with E-state index in [1.54, 1.807) is 0 Å². The lowest BCUT2D eigenvalue weighted by molar-refractivity contribution is -0.117. The predicted octanol–water partition coefficient (Wildman–Crippen LogP) is -0.649. The Balaban J connectivity index is 2.32. The second kappa shape index (κ2) is 7.81. The number of rotatable bonds is 9. The van der Waals surface area contributed by atoms with Gasteiger partial charge in [0.05, 0.1) is 11.5 Å². The molecule has 1 amide bonds. The molecule has 0 spiro atoms. The number of amides is 1. The minimum atomic E-state index is -3.18. The van der Waals surface area contributed by atoms with Gasteiger partial charge in [0.2, 0.25) is 5.91 Å². The first-order valence-corrected chi connectivity index (χ1v) is 8.69. The van der Waals surface area contributed by atoms with Crippen molar-refractivity contribution in [3.63, 3.8) is 0 Å². The zero-order valence-electron chi connectivity index (χ0n) is 11.6. The summed E-state index contributed by atoms with van der Waals surface area (Å²) in [6.45, 7) is 5.34. The van der Waals surface area contributed by atoms with E-state index >= 15 is 0 Å². The highest BCUT2D eigenvalue weighted by molar-refractivity contribution is 7.91. The summed E-state index contributed by atoms with van der Waals surface area (Å²) in [6, 6.07) is 0.480. The molecule has 1 fully saturated rings. The molecule has 1 heterocycles. The van der Waals surface area contributed by atoms with Gasteiger partial charge < -0.3 is 16.0 Å². The van der Waals surface area contributed by atoms with Crippen molar-refractivity contribution < 1.29 is 13.2 Å². The van der Waals surface area contributed by atoms with Crippen LogP contribution in [0.1, 0.15) is 26.2 Å². The van der Waals surface area contributed by atoms with Crippen LogP contribution in [0.25, 0.3) is 0 Å². The Morgan fingerprint density at radius 1 is 1.42 bits per heavy atom. The molecule has 1 aliphatic rings. The summed E-state index contributed by atoms with van der Waals surface area (Å²) in [5, 5.41) is 3.41. The summed E-state index contributed by atoms with van der Waals surface area (Å²) >= 11 is 0. The van der Waals surface area contributed by atoms with Crippen molar-refractivity contribution in [3.8, 4) is 0 Å². The van der Waals surface area contributed by atoms with Gasteiger partial charge in [0.15, 0.2) is 9.84 Å².